The molecular weight excluding hydrogens is 258 g/mol. The summed E-state index contributed by atoms with van der Waals surface area (Å²) in [5, 5.41) is 0. The smallest absolute Gasteiger partial charge is 0.143 e. The average molecular weight is 272 g/mol. The van der Waals surface area contributed by atoms with Crippen molar-refractivity contribution in [3.63, 3.8) is 0 Å². The molecule has 0 saturated heterocycles. The van der Waals surface area contributed by atoms with Gasteiger partial charge in [0, 0.05) is 11.3 Å². The van der Waals surface area contributed by atoms with E-state index in [0.29, 0.717) is 5.88 Å². The SMILES string of the molecule is Cc1cc(C)c(CCl)c(-n2cnc3ccccc32)n1. The first-order valence-corrected chi connectivity index (χ1v) is 6.69. The van der Waals surface area contributed by atoms with Gasteiger partial charge in [-0.05, 0) is 37.6 Å². The fourth-order valence-corrected chi connectivity index (χ4v) is 2.67. The van der Waals surface area contributed by atoms with Gasteiger partial charge in [-0.1, -0.05) is 12.1 Å². The second-order valence-corrected chi connectivity index (χ2v) is 4.89. The molecule has 0 bridgehead atoms. The van der Waals surface area contributed by atoms with Crippen molar-refractivity contribution in [3.05, 3.63) is 53.5 Å². The maximum Gasteiger partial charge on any atom is 0.143 e. The van der Waals surface area contributed by atoms with Crippen molar-refractivity contribution < 1.29 is 0 Å². The molecule has 2 aromatic heterocycles. The van der Waals surface area contributed by atoms with Crippen LogP contribution in [0.4, 0.5) is 0 Å². The normalized spacial score (nSPS) is 11.1. The second kappa shape index (κ2) is 4.67. The molecule has 19 heavy (non-hydrogen) atoms. The van der Waals surface area contributed by atoms with Crippen molar-refractivity contribution in [1.82, 2.24) is 14.5 Å². The van der Waals surface area contributed by atoms with Crippen molar-refractivity contribution in [2.45, 2.75) is 19.7 Å². The van der Waals surface area contributed by atoms with Crippen LogP contribution >= 0.6 is 11.6 Å². The van der Waals surface area contributed by atoms with Crippen LogP contribution in [-0.2, 0) is 5.88 Å². The molecule has 4 heteroatoms. The van der Waals surface area contributed by atoms with Crippen LogP contribution in [0.5, 0.6) is 0 Å². The molecule has 2 heterocycles. The van der Waals surface area contributed by atoms with E-state index in [2.05, 4.69) is 23.0 Å². The molecule has 0 aliphatic carbocycles. The van der Waals surface area contributed by atoms with Crippen LogP contribution in [0.3, 0.4) is 0 Å². The summed E-state index contributed by atoms with van der Waals surface area (Å²) in [5.41, 5.74) is 5.21. The minimum atomic E-state index is 0.445. The maximum absolute atomic E-state index is 6.08. The molecule has 3 rings (SSSR count). The molecule has 0 aliphatic rings. The first-order chi connectivity index (χ1) is 9.20. The summed E-state index contributed by atoms with van der Waals surface area (Å²) in [6.45, 7) is 4.06. The molecule has 0 N–H and O–H groups in total. The van der Waals surface area contributed by atoms with Crippen molar-refractivity contribution in [3.8, 4) is 5.82 Å². The zero-order valence-electron chi connectivity index (χ0n) is 10.9. The van der Waals surface area contributed by atoms with Crippen LogP contribution < -0.4 is 0 Å². The van der Waals surface area contributed by atoms with Crippen molar-refractivity contribution in [2.75, 3.05) is 0 Å². The fraction of sp³-hybridized carbons (Fsp3) is 0.200. The van der Waals surface area contributed by atoms with E-state index in [0.717, 1.165) is 33.7 Å². The summed E-state index contributed by atoms with van der Waals surface area (Å²) in [6, 6.07) is 10.1. The van der Waals surface area contributed by atoms with Gasteiger partial charge in [0.25, 0.3) is 0 Å². The minimum Gasteiger partial charge on any atom is -0.283 e. The van der Waals surface area contributed by atoms with Gasteiger partial charge >= 0.3 is 0 Å². The number of alkyl halides is 1. The van der Waals surface area contributed by atoms with Crippen LogP contribution in [0.2, 0.25) is 0 Å². The quantitative estimate of drug-likeness (QED) is 0.664. The zero-order valence-corrected chi connectivity index (χ0v) is 11.6. The number of nitrogens with zero attached hydrogens (tertiary/aromatic N) is 3. The van der Waals surface area contributed by atoms with E-state index < -0.39 is 0 Å². The number of imidazole rings is 1. The van der Waals surface area contributed by atoms with Gasteiger partial charge < -0.3 is 0 Å². The summed E-state index contributed by atoms with van der Waals surface area (Å²) in [4.78, 5) is 9.05. The van der Waals surface area contributed by atoms with Gasteiger partial charge in [-0.25, -0.2) is 9.97 Å². The average Bonchev–Trinajstić information content (AvgIpc) is 2.81. The number of pyridine rings is 1. The highest BCUT2D eigenvalue weighted by atomic mass is 35.5. The second-order valence-electron chi connectivity index (χ2n) is 4.62. The number of aryl methyl sites for hydroxylation is 2. The Balaban J connectivity index is 2.32. The van der Waals surface area contributed by atoms with Crippen LogP contribution in [0.25, 0.3) is 16.9 Å². The molecular formula is C15H14ClN3. The van der Waals surface area contributed by atoms with Gasteiger partial charge in [-0.2, -0.15) is 0 Å². The Hall–Kier alpha value is -1.87. The molecule has 96 valence electrons. The van der Waals surface area contributed by atoms with Crippen LogP contribution in [0.15, 0.2) is 36.7 Å². The standard InChI is InChI=1S/C15H14ClN3/c1-10-7-11(2)18-15(12(10)8-16)19-9-17-13-5-3-4-6-14(13)19/h3-7,9H,8H2,1-2H3. The minimum absolute atomic E-state index is 0.445. The number of rotatable bonds is 2. The first-order valence-electron chi connectivity index (χ1n) is 6.16. The van der Waals surface area contributed by atoms with E-state index in [1.165, 1.54) is 0 Å². The number of halogens is 1. The van der Waals surface area contributed by atoms with Gasteiger partial charge in [0.05, 0.1) is 16.9 Å². The van der Waals surface area contributed by atoms with E-state index >= 15 is 0 Å². The highest BCUT2D eigenvalue weighted by Gasteiger charge is 2.12. The van der Waals surface area contributed by atoms with E-state index in [1.807, 2.05) is 42.1 Å². The topological polar surface area (TPSA) is 30.7 Å². The highest BCUT2D eigenvalue weighted by Crippen LogP contribution is 2.23. The third kappa shape index (κ3) is 2.00. The molecule has 3 aromatic rings. The fourth-order valence-electron chi connectivity index (χ4n) is 2.34. The third-order valence-corrected chi connectivity index (χ3v) is 3.54. The van der Waals surface area contributed by atoms with Crippen molar-refractivity contribution in [1.29, 1.82) is 0 Å². The molecule has 1 aromatic carbocycles. The molecule has 0 atom stereocenters. The lowest BCUT2D eigenvalue weighted by molar-refractivity contribution is 0.966. The largest absolute Gasteiger partial charge is 0.283 e. The summed E-state index contributed by atoms with van der Waals surface area (Å²) in [7, 11) is 0. The molecule has 0 radical (unpaired) electrons. The summed E-state index contributed by atoms with van der Waals surface area (Å²) >= 11 is 6.08. The Morgan fingerprint density at radius 2 is 2.00 bits per heavy atom. The van der Waals surface area contributed by atoms with Gasteiger partial charge in [-0.15, -0.1) is 11.6 Å². The predicted octanol–water partition coefficient (Wildman–Crippen LogP) is 3.78. The Bertz CT molecular complexity index is 746. The predicted molar refractivity (Wildman–Crippen MR) is 77.9 cm³/mol. The van der Waals surface area contributed by atoms with Gasteiger partial charge in [0.15, 0.2) is 0 Å². The summed E-state index contributed by atoms with van der Waals surface area (Å²) in [6.07, 6.45) is 1.81. The van der Waals surface area contributed by atoms with Crippen LogP contribution in [-0.4, -0.2) is 14.5 Å². The monoisotopic (exact) mass is 271 g/mol. The van der Waals surface area contributed by atoms with Gasteiger partial charge in [0.2, 0.25) is 0 Å². The Morgan fingerprint density at radius 1 is 1.21 bits per heavy atom. The number of hydrogen-bond donors (Lipinski definition) is 0. The third-order valence-electron chi connectivity index (χ3n) is 3.27. The van der Waals surface area contributed by atoms with E-state index in [9.17, 15) is 0 Å². The summed E-state index contributed by atoms with van der Waals surface area (Å²) < 4.78 is 2.01. The lowest BCUT2D eigenvalue weighted by Crippen LogP contribution is -2.04. The lowest BCUT2D eigenvalue weighted by atomic mass is 10.1. The van der Waals surface area contributed by atoms with Gasteiger partial charge in [0.1, 0.15) is 12.1 Å². The van der Waals surface area contributed by atoms with Gasteiger partial charge in [-0.3, -0.25) is 4.57 Å². The number of fused-ring (bicyclic) bond motifs is 1. The molecule has 0 aliphatic heterocycles. The number of aromatic nitrogens is 3. The van der Waals surface area contributed by atoms with Crippen LogP contribution in [0, 0.1) is 13.8 Å². The first kappa shape index (κ1) is 12.2. The molecule has 0 spiro atoms. The number of benzene rings is 1. The number of para-hydroxylation sites is 2. The van der Waals surface area contributed by atoms with Crippen molar-refractivity contribution >= 4 is 22.6 Å². The Kier molecular flexibility index (Phi) is 2.99. The maximum atomic E-state index is 6.08. The van der Waals surface area contributed by atoms with E-state index in [1.54, 1.807) is 0 Å². The molecule has 3 nitrogen and oxygen atoms in total. The highest BCUT2D eigenvalue weighted by molar-refractivity contribution is 6.17. The molecule has 0 fully saturated rings. The van der Waals surface area contributed by atoms with Crippen LogP contribution in [0.1, 0.15) is 16.8 Å². The summed E-state index contributed by atoms with van der Waals surface area (Å²) in [5.74, 6) is 1.32. The molecule has 0 saturated carbocycles. The van der Waals surface area contributed by atoms with E-state index in [4.69, 9.17) is 11.6 Å². The Morgan fingerprint density at radius 3 is 2.79 bits per heavy atom. The Labute approximate surface area is 116 Å². The number of hydrogen-bond acceptors (Lipinski definition) is 2. The molecule has 0 unspecified atom stereocenters. The molecule has 0 amide bonds. The zero-order chi connectivity index (χ0) is 13.4. The van der Waals surface area contributed by atoms with E-state index in [-0.39, 0.29) is 0 Å². The van der Waals surface area contributed by atoms with Crippen molar-refractivity contribution in [2.24, 2.45) is 0 Å². The lowest BCUT2D eigenvalue weighted by Gasteiger charge is -2.12.